The van der Waals surface area contributed by atoms with Crippen LogP contribution < -0.4 is 5.32 Å². The maximum atomic E-state index is 9.11. The van der Waals surface area contributed by atoms with Crippen molar-refractivity contribution >= 4 is 0 Å². The Morgan fingerprint density at radius 1 is 1.29 bits per heavy atom. The molecule has 1 aliphatic carbocycles. The average Bonchev–Trinajstić information content (AvgIpc) is 2.26. The molecule has 84 valence electrons. The maximum absolute atomic E-state index is 9.11. The smallest absolute Gasteiger partial charge is 0.0584 e. The first-order chi connectivity index (χ1) is 6.77. The van der Waals surface area contributed by atoms with Crippen LogP contribution in [0.1, 0.15) is 52.4 Å². The lowest BCUT2D eigenvalue weighted by molar-refractivity contribution is 0.200. The van der Waals surface area contributed by atoms with Gasteiger partial charge in [-0.2, -0.15) is 0 Å². The second kappa shape index (κ2) is 6.41. The Kier molecular flexibility index (Phi) is 5.49. The second-order valence-corrected chi connectivity index (χ2v) is 4.64. The molecule has 1 saturated carbocycles. The van der Waals surface area contributed by atoms with E-state index in [1.165, 1.54) is 32.1 Å². The van der Waals surface area contributed by atoms with Crippen molar-refractivity contribution in [1.82, 2.24) is 5.32 Å². The fourth-order valence-corrected chi connectivity index (χ4v) is 2.44. The highest BCUT2D eigenvalue weighted by Crippen LogP contribution is 2.26. The van der Waals surface area contributed by atoms with E-state index < -0.39 is 0 Å². The number of hydrogen-bond acceptors (Lipinski definition) is 2. The highest BCUT2D eigenvalue weighted by molar-refractivity contribution is 4.78. The zero-order chi connectivity index (χ0) is 10.4. The van der Waals surface area contributed by atoms with E-state index in [1.807, 2.05) is 0 Å². The summed E-state index contributed by atoms with van der Waals surface area (Å²) in [5, 5.41) is 12.6. The molecule has 0 aromatic carbocycles. The third-order valence-corrected chi connectivity index (χ3v) is 3.57. The summed E-state index contributed by atoms with van der Waals surface area (Å²) >= 11 is 0. The molecule has 0 saturated heterocycles. The molecular weight excluding hydrogens is 174 g/mol. The summed E-state index contributed by atoms with van der Waals surface area (Å²) in [5.41, 5.74) is 0. The van der Waals surface area contributed by atoms with Gasteiger partial charge in [0, 0.05) is 12.1 Å². The molecule has 0 aromatic heterocycles. The average molecular weight is 199 g/mol. The van der Waals surface area contributed by atoms with E-state index in [9.17, 15) is 0 Å². The van der Waals surface area contributed by atoms with Crippen molar-refractivity contribution in [2.75, 3.05) is 6.61 Å². The van der Waals surface area contributed by atoms with Crippen LogP contribution in [0.4, 0.5) is 0 Å². The SMILES string of the molecule is CC[C@@H](CO)N[C@H](C)C1CCCCC1. The number of aliphatic hydroxyl groups is 1. The van der Waals surface area contributed by atoms with Crippen LogP contribution in [0.5, 0.6) is 0 Å². The van der Waals surface area contributed by atoms with E-state index in [2.05, 4.69) is 19.2 Å². The number of nitrogens with one attached hydrogen (secondary N) is 1. The van der Waals surface area contributed by atoms with Gasteiger partial charge in [-0.15, -0.1) is 0 Å². The Morgan fingerprint density at radius 2 is 1.93 bits per heavy atom. The van der Waals surface area contributed by atoms with Gasteiger partial charge in [-0.3, -0.25) is 0 Å². The molecule has 0 radical (unpaired) electrons. The molecule has 0 unspecified atom stereocenters. The normalized spacial score (nSPS) is 23.4. The summed E-state index contributed by atoms with van der Waals surface area (Å²) in [6.07, 6.45) is 7.97. The van der Waals surface area contributed by atoms with Gasteiger partial charge in [0.2, 0.25) is 0 Å². The molecule has 2 N–H and O–H groups in total. The second-order valence-electron chi connectivity index (χ2n) is 4.64. The molecule has 0 bridgehead atoms. The predicted octanol–water partition coefficient (Wildman–Crippen LogP) is 2.32. The van der Waals surface area contributed by atoms with Gasteiger partial charge < -0.3 is 10.4 Å². The largest absolute Gasteiger partial charge is 0.395 e. The van der Waals surface area contributed by atoms with Crippen LogP contribution in [0.25, 0.3) is 0 Å². The fourth-order valence-electron chi connectivity index (χ4n) is 2.44. The van der Waals surface area contributed by atoms with Crippen LogP contribution in [0.3, 0.4) is 0 Å². The monoisotopic (exact) mass is 199 g/mol. The Labute approximate surface area is 88.1 Å². The summed E-state index contributed by atoms with van der Waals surface area (Å²) in [7, 11) is 0. The minimum atomic E-state index is 0.271. The van der Waals surface area contributed by atoms with Crippen molar-refractivity contribution in [2.45, 2.75) is 64.5 Å². The lowest BCUT2D eigenvalue weighted by Gasteiger charge is -2.31. The fraction of sp³-hybridized carbons (Fsp3) is 1.00. The molecule has 0 aliphatic heterocycles. The van der Waals surface area contributed by atoms with Crippen molar-refractivity contribution in [2.24, 2.45) is 5.92 Å². The van der Waals surface area contributed by atoms with E-state index >= 15 is 0 Å². The Bertz CT molecular complexity index is 139. The molecule has 2 heteroatoms. The topological polar surface area (TPSA) is 32.3 Å². The van der Waals surface area contributed by atoms with E-state index in [-0.39, 0.29) is 6.61 Å². The molecule has 0 spiro atoms. The first-order valence-corrected chi connectivity index (χ1v) is 6.14. The first kappa shape index (κ1) is 12.0. The summed E-state index contributed by atoms with van der Waals surface area (Å²) < 4.78 is 0. The molecular formula is C12H25NO. The Hall–Kier alpha value is -0.0800. The summed E-state index contributed by atoms with van der Waals surface area (Å²) in [6.45, 7) is 4.67. The zero-order valence-electron chi connectivity index (χ0n) is 9.63. The van der Waals surface area contributed by atoms with E-state index in [0.717, 1.165) is 12.3 Å². The highest BCUT2D eigenvalue weighted by Gasteiger charge is 2.21. The Balaban J connectivity index is 2.27. The minimum absolute atomic E-state index is 0.271. The summed E-state index contributed by atoms with van der Waals surface area (Å²) in [6, 6.07) is 0.874. The third kappa shape index (κ3) is 3.58. The molecule has 2 atom stereocenters. The quantitative estimate of drug-likeness (QED) is 0.712. The molecule has 0 heterocycles. The molecule has 1 rings (SSSR count). The lowest BCUT2D eigenvalue weighted by Crippen LogP contribution is -2.43. The van der Waals surface area contributed by atoms with Gasteiger partial charge in [-0.05, 0) is 32.1 Å². The van der Waals surface area contributed by atoms with Gasteiger partial charge in [0.05, 0.1) is 6.61 Å². The number of hydrogen-bond donors (Lipinski definition) is 2. The minimum Gasteiger partial charge on any atom is -0.395 e. The molecule has 2 nitrogen and oxygen atoms in total. The van der Waals surface area contributed by atoms with Gasteiger partial charge in [0.1, 0.15) is 0 Å². The van der Waals surface area contributed by atoms with Gasteiger partial charge in [0.25, 0.3) is 0 Å². The van der Waals surface area contributed by atoms with Gasteiger partial charge in [-0.25, -0.2) is 0 Å². The maximum Gasteiger partial charge on any atom is 0.0584 e. The zero-order valence-corrected chi connectivity index (χ0v) is 9.63. The van der Waals surface area contributed by atoms with Crippen LogP contribution >= 0.6 is 0 Å². The van der Waals surface area contributed by atoms with Gasteiger partial charge in [0.15, 0.2) is 0 Å². The Morgan fingerprint density at radius 3 is 2.43 bits per heavy atom. The molecule has 14 heavy (non-hydrogen) atoms. The van der Waals surface area contributed by atoms with Crippen molar-refractivity contribution in [3.8, 4) is 0 Å². The first-order valence-electron chi connectivity index (χ1n) is 6.14. The molecule has 1 fully saturated rings. The predicted molar refractivity (Wildman–Crippen MR) is 60.3 cm³/mol. The molecule has 1 aliphatic rings. The lowest BCUT2D eigenvalue weighted by atomic mass is 9.84. The summed E-state index contributed by atoms with van der Waals surface area (Å²) in [5.74, 6) is 0.837. The van der Waals surface area contributed by atoms with Crippen LogP contribution in [0.15, 0.2) is 0 Å². The van der Waals surface area contributed by atoms with Gasteiger partial charge >= 0.3 is 0 Å². The van der Waals surface area contributed by atoms with Crippen LogP contribution in [0.2, 0.25) is 0 Å². The van der Waals surface area contributed by atoms with Crippen LogP contribution in [-0.2, 0) is 0 Å². The number of rotatable bonds is 5. The van der Waals surface area contributed by atoms with E-state index in [0.29, 0.717) is 12.1 Å². The van der Waals surface area contributed by atoms with Crippen molar-refractivity contribution in [3.05, 3.63) is 0 Å². The van der Waals surface area contributed by atoms with Crippen molar-refractivity contribution < 1.29 is 5.11 Å². The van der Waals surface area contributed by atoms with Crippen molar-refractivity contribution in [3.63, 3.8) is 0 Å². The van der Waals surface area contributed by atoms with E-state index in [4.69, 9.17) is 5.11 Å². The highest BCUT2D eigenvalue weighted by atomic mass is 16.3. The van der Waals surface area contributed by atoms with Gasteiger partial charge in [-0.1, -0.05) is 26.2 Å². The van der Waals surface area contributed by atoms with E-state index in [1.54, 1.807) is 0 Å². The molecule has 0 aromatic rings. The third-order valence-electron chi connectivity index (χ3n) is 3.57. The number of aliphatic hydroxyl groups excluding tert-OH is 1. The molecule has 0 amide bonds. The van der Waals surface area contributed by atoms with Crippen LogP contribution in [0, 0.1) is 5.92 Å². The standard InChI is InChI=1S/C12H25NO/c1-3-12(9-14)13-10(2)11-7-5-4-6-8-11/h10-14H,3-9H2,1-2H3/t10-,12+/m1/s1. The van der Waals surface area contributed by atoms with Crippen molar-refractivity contribution in [1.29, 1.82) is 0 Å². The van der Waals surface area contributed by atoms with Crippen LogP contribution in [-0.4, -0.2) is 23.8 Å². The summed E-state index contributed by atoms with van der Waals surface area (Å²) in [4.78, 5) is 0.